The smallest absolute Gasteiger partial charge is 0.263 e. The average molecular weight is 419 g/mol. The fourth-order valence-corrected chi connectivity index (χ4v) is 4.51. The minimum atomic E-state index is -0.397. The molecule has 1 fully saturated rings. The third-order valence-electron chi connectivity index (χ3n) is 6.40. The van der Waals surface area contributed by atoms with Crippen LogP contribution < -0.4 is 4.74 Å². The zero-order chi connectivity index (χ0) is 21.5. The fourth-order valence-electron chi connectivity index (χ4n) is 4.51. The quantitative estimate of drug-likeness (QED) is 0.660. The molecule has 0 radical (unpaired) electrons. The van der Waals surface area contributed by atoms with Crippen LogP contribution >= 0.6 is 0 Å². The van der Waals surface area contributed by atoms with Gasteiger partial charge < -0.3 is 9.64 Å². The first kappa shape index (κ1) is 21.6. The molecule has 0 aromatic heterocycles. The largest absolute Gasteiger partial charge is 0.481 e. The Morgan fingerprint density at radius 2 is 1.74 bits per heavy atom. The summed E-state index contributed by atoms with van der Waals surface area (Å²) in [4.78, 5) is 17.5. The molecule has 1 aliphatic carbocycles. The van der Waals surface area contributed by atoms with E-state index in [1.54, 1.807) is 0 Å². The molecule has 0 bridgehead atoms. The SMILES string of the molecule is CC[C@H](Oc1ccc2c(c1)CCCC2)C(=O)N1CCN(C/C=C/c2ccccc2)CC1. The van der Waals surface area contributed by atoms with Crippen LogP contribution in [0.5, 0.6) is 5.75 Å². The van der Waals surface area contributed by atoms with E-state index in [1.165, 1.54) is 29.5 Å². The van der Waals surface area contributed by atoms with Crippen molar-refractivity contribution >= 4 is 12.0 Å². The molecule has 4 nitrogen and oxygen atoms in total. The predicted molar refractivity (Wildman–Crippen MR) is 126 cm³/mol. The molecular weight excluding hydrogens is 384 g/mol. The van der Waals surface area contributed by atoms with E-state index >= 15 is 0 Å². The summed E-state index contributed by atoms with van der Waals surface area (Å²) < 4.78 is 6.17. The highest BCUT2D eigenvalue weighted by molar-refractivity contribution is 5.81. The van der Waals surface area contributed by atoms with Crippen LogP contribution in [-0.4, -0.2) is 54.5 Å². The molecule has 1 amide bonds. The Hall–Kier alpha value is -2.59. The third-order valence-corrected chi connectivity index (χ3v) is 6.40. The Morgan fingerprint density at radius 1 is 1.00 bits per heavy atom. The van der Waals surface area contributed by atoms with E-state index in [9.17, 15) is 4.79 Å². The van der Waals surface area contributed by atoms with Crippen LogP contribution in [0.25, 0.3) is 6.08 Å². The number of piperazine rings is 1. The van der Waals surface area contributed by atoms with Crippen LogP contribution in [0.2, 0.25) is 0 Å². The predicted octanol–water partition coefficient (Wildman–Crippen LogP) is 4.58. The highest BCUT2D eigenvalue weighted by atomic mass is 16.5. The normalized spacial score (nSPS) is 18.0. The first-order valence-corrected chi connectivity index (χ1v) is 11.7. The number of fused-ring (bicyclic) bond motifs is 1. The number of ether oxygens (including phenoxy) is 1. The van der Waals surface area contributed by atoms with Crippen molar-refractivity contribution in [1.82, 2.24) is 9.80 Å². The number of nitrogens with zero attached hydrogens (tertiary/aromatic N) is 2. The number of rotatable bonds is 7. The second kappa shape index (κ2) is 10.6. The van der Waals surface area contributed by atoms with E-state index in [0.717, 1.165) is 51.3 Å². The van der Waals surface area contributed by atoms with E-state index in [4.69, 9.17) is 4.74 Å². The lowest BCUT2D eigenvalue weighted by Crippen LogP contribution is -2.52. The Labute approximate surface area is 186 Å². The van der Waals surface area contributed by atoms with Gasteiger partial charge in [-0.2, -0.15) is 0 Å². The van der Waals surface area contributed by atoms with Gasteiger partial charge in [0.15, 0.2) is 6.10 Å². The summed E-state index contributed by atoms with van der Waals surface area (Å²) in [5.74, 6) is 0.963. The van der Waals surface area contributed by atoms with Crippen molar-refractivity contribution in [2.24, 2.45) is 0 Å². The zero-order valence-corrected chi connectivity index (χ0v) is 18.6. The number of hydrogen-bond donors (Lipinski definition) is 0. The molecule has 1 atom stereocenters. The summed E-state index contributed by atoms with van der Waals surface area (Å²) in [6.07, 6.45) is 9.48. The molecule has 4 heteroatoms. The second-order valence-electron chi connectivity index (χ2n) is 8.59. The molecule has 0 N–H and O–H groups in total. The molecule has 0 unspecified atom stereocenters. The number of amides is 1. The van der Waals surface area contributed by atoms with Gasteiger partial charge in [0.25, 0.3) is 5.91 Å². The highest BCUT2D eigenvalue weighted by Crippen LogP contribution is 2.26. The van der Waals surface area contributed by atoms with Crippen LogP contribution in [0.4, 0.5) is 0 Å². The van der Waals surface area contributed by atoms with E-state index in [0.29, 0.717) is 6.42 Å². The van der Waals surface area contributed by atoms with E-state index in [2.05, 4.69) is 53.5 Å². The van der Waals surface area contributed by atoms with Crippen molar-refractivity contribution in [3.05, 3.63) is 71.3 Å². The maximum atomic E-state index is 13.1. The lowest BCUT2D eigenvalue weighted by molar-refractivity contribution is -0.140. The molecule has 164 valence electrons. The molecule has 2 aromatic carbocycles. The summed E-state index contributed by atoms with van der Waals surface area (Å²) in [7, 11) is 0. The third kappa shape index (κ3) is 5.76. The van der Waals surface area contributed by atoms with Crippen LogP contribution in [0.3, 0.4) is 0 Å². The molecule has 0 saturated carbocycles. The van der Waals surface area contributed by atoms with Gasteiger partial charge >= 0.3 is 0 Å². The monoisotopic (exact) mass is 418 g/mol. The summed E-state index contributed by atoms with van der Waals surface area (Å²) in [6, 6.07) is 16.7. The van der Waals surface area contributed by atoms with Crippen molar-refractivity contribution in [1.29, 1.82) is 0 Å². The van der Waals surface area contributed by atoms with Crippen molar-refractivity contribution in [3.8, 4) is 5.75 Å². The topological polar surface area (TPSA) is 32.8 Å². The maximum Gasteiger partial charge on any atom is 0.263 e. The molecule has 0 spiro atoms. The molecule has 1 heterocycles. The molecule has 2 aliphatic rings. The van der Waals surface area contributed by atoms with Gasteiger partial charge in [-0.15, -0.1) is 0 Å². The first-order chi connectivity index (χ1) is 15.2. The fraction of sp³-hybridized carbons (Fsp3) is 0.444. The average Bonchev–Trinajstić information content (AvgIpc) is 2.83. The Balaban J connectivity index is 1.27. The molecule has 1 aliphatic heterocycles. The number of hydrogen-bond acceptors (Lipinski definition) is 3. The van der Waals surface area contributed by atoms with Gasteiger partial charge in [-0.3, -0.25) is 9.69 Å². The van der Waals surface area contributed by atoms with Crippen molar-refractivity contribution in [3.63, 3.8) is 0 Å². The van der Waals surface area contributed by atoms with Crippen molar-refractivity contribution in [2.45, 2.75) is 45.1 Å². The first-order valence-electron chi connectivity index (χ1n) is 11.7. The van der Waals surface area contributed by atoms with Crippen LogP contribution in [0, 0.1) is 0 Å². The van der Waals surface area contributed by atoms with Crippen LogP contribution in [0.1, 0.15) is 42.9 Å². The summed E-state index contributed by atoms with van der Waals surface area (Å²) in [5.41, 5.74) is 4.06. The van der Waals surface area contributed by atoms with E-state index in [1.807, 2.05) is 24.0 Å². The van der Waals surface area contributed by atoms with E-state index < -0.39 is 6.10 Å². The van der Waals surface area contributed by atoms with Crippen molar-refractivity contribution < 1.29 is 9.53 Å². The molecule has 1 saturated heterocycles. The Bertz CT molecular complexity index is 885. The number of benzene rings is 2. The van der Waals surface area contributed by atoms with Gasteiger partial charge in [0.2, 0.25) is 0 Å². The maximum absolute atomic E-state index is 13.1. The van der Waals surface area contributed by atoms with Gasteiger partial charge in [-0.05, 0) is 60.9 Å². The highest BCUT2D eigenvalue weighted by Gasteiger charge is 2.27. The molecule has 31 heavy (non-hydrogen) atoms. The van der Waals surface area contributed by atoms with Gasteiger partial charge in [-0.1, -0.05) is 55.5 Å². The van der Waals surface area contributed by atoms with Gasteiger partial charge in [0.05, 0.1) is 0 Å². The minimum Gasteiger partial charge on any atom is -0.481 e. The second-order valence-corrected chi connectivity index (χ2v) is 8.59. The number of carbonyl (C=O) groups excluding carboxylic acids is 1. The summed E-state index contributed by atoms with van der Waals surface area (Å²) in [5, 5.41) is 0. The summed E-state index contributed by atoms with van der Waals surface area (Å²) in [6.45, 7) is 6.29. The Kier molecular flexibility index (Phi) is 7.42. The minimum absolute atomic E-state index is 0.125. The van der Waals surface area contributed by atoms with Crippen LogP contribution in [0.15, 0.2) is 54.6 Å². The zero-order valence-electron chi connectivity index (χ0n) is 18.6. The van der Waals surface area contributed by atoms with Crippen LogP contribution in [-0.2, 0) is 17.6 Å². The summed E-state index contributed by atoms with van der Waals surface area (Å²) >= 11 is 0. The van der Waals surface area contributed by atoms with Gasteiger partial charge in [0, 0.05) is 32.7 Å². The van der Waals surface area contributed by atoms with Crippen molar-refractivity contribution in [2.75, 3.05) is 32.7 Å². The number of aryl methyl sites for hydroxylation is 2. The standard InChI is InChI=1S/C27H34N2O2/c1-2-26(31-25-15-14-23-12-6-7-13-24(23)21-25)27(30)29-19-17-28(18-20-29)16-8-11-22-9-4-3-5-10-22/h3-5,8-11,14-15,21,26H,2,6-7,12-13,16-20H2,1H3/b11-8+/t26-/m0/s1. The van der Waals surface area contributed by atoms with Gasteiger partial charge in [0.1, 0.15) is 5.75 Å². The lowest BCUT2D eigenvalue weighted by Gasteiger charge is -2.35. The van der Waals surface area contributed by atoms with E-state index in [-0.39, 0.29) is 5.91 Å². The molecule has 2 aromatic rings. The lowest BCUT2D eigenvalue weighted by atomic mass is 9.92. The Morgan fingerprint density at radius 3 is 2.48 bits per heavy atom. The molecule has 4 rings (SSSR count). The number of carbonyl (C=O) groups is 1. The molecular formula is C27H34N2O2. The van der Waals surface area contributed by atoms with Gasteiger partial charge in [-0.25, -0.2) is 0 Å².